The van der Waals surface area contributed by atoms with E-state index in [4.69, 9.17) is 11.8 Å². The van der Waals surface area contributed by atoms with Crippen molar-refractivity contribution in [1.29, 1.82) is 0 Å². The van der Waals surface area contributed by atoms with Crippen molar-refractivity contribution in [2.24, 2.45) is 0 Å². The molecule has 0 radical (unpaired) electrons. The zero-order chi connectivity index (χ0) is 14.8. The summed E-state index contributed by atoms with van der Waals surface area (Å²) < 4.78 is 15.3. The normalized spacial score (nSPS) is 10.6. The molecule has 0 aliphatic carbocycles. The van der Waals surface area contributed by atoms with Crippen molar-refractivity contribution in [3.63, 3.8) is 0 Å². The molecule has 3 aromatic rings. The first-order chi connectivity index (χ1) is 10.1. The minimum atomic E-state index is -0.474. The van der Waals surface area contributed by atoms with E-state index >= 15 is 0 Å². The van der Waals surface area contributed by atoms with E-state index in [2.05, 4.69) is 10.1 Å². The molecule has 0 saturated carbocycles. The Labute approximate surface area is 128 Å². The third kappa shape index (κ3) is 2.79. The van der Waals surface area contributed by atoms with E-state index in [1.54, 1.807) is 28.5 Å². The summed E-state index contributed by atoms with van der Waals surface area (Å²) in [6, 6.07) is 6.91. The van der Waals surface area contributed by atoms with E-state index in [-0.39, 0.29) is 5.56 Å². The fourth-order valence-electron chi connectivity index (χ4n) is 1.65. The van der Waals surface area contributed by atoms with Crippen molar-refractivity contribution < 1.29 is 9.18 Å². The Morgan fingerprint density at radius 1 is 1.33 bits per heavy atom. The fraction of sp³-hybridized carbons (Fsp3) is 0. The molecule has 0 unspecified atom stereocenters. The number of carbonyl (C=O) groups excluding carboxylic acids is 1. The first-order valence-electron chi connectivity index (χ1n) is 5.86. The molecule has 0 fully saturated rings. The standard InChI is InChI=1S/C13H8ClFN4OS/c14-19(12(20)9-2-4-10(15)5-3-9)13-17-11(8-21-13)18-7-1-6-16-18/h1-8H. The maximum atomic E-state index is 12.9. The quantitative estimate of drug-likeness (QED) is 0.695. The van der Waals surface area contributed by atoms with Gasteiger partial charge in [0.15, 0.2) is 5.82 Å². The van der Waals surface area contributed by atoms with Gasteiger partial charge >= 0.3 is 0 Å². The lowest BCUT2D eigenvalue weighted by Gasteiger charge is -2.09. The molecule has 1 amide bonds. The highest BCUT2D eigenvalue weighted by molar-refractivity contribution is 7.14. The van der Waals surface area contributed by atoms with E-state index in [1.807, 2.05) is 0 Å². The average Bonchev–Trinajstić information content (AvgIpc) is 3.17. The van der Waals surface area contributed by atoms with Gasteiger partial charge in [0, 0.05) is 35.1 Å². The molecular formula is C13H8ClFN4OS. The maximum absolute atomic E-state index is 12.9. The van der Waals surface area contributed by atoms with E-state index in [1.165, 1.54) is 35.6 Å². The number of hydrogen-bond acceptors (Lipinski definition) is 4. The highest BCUT2D eigenvalue weighted by Gasteiger charge is 2.19. The van der Waals surface area contributed by atoms with Crippen LogP contribution in [0.1, 0.15) is 10.4 Å². The number of anilines is 1. The second-order valence-electron chi connectivity index (χ2n) is 4.03. The molecular weight excluding hydrogens is 315 g/mol. The number of aromatic nitrogens is 3. The number of carbonyl (C=O) groups is 1. The van der Waals surface area contributed by atoms with Crippen molar-refractivity contribution in [1.82, 2.24) is 14.8 Å². The number of rotatable bonds is 3. The number of halogens is 2. The van der Waals surface area contributed by atoms with Gasteiger partial charge in [-0.1, -0.05) is 0 Å². The second kappa shape index (κ2) is 5.63. The van der Waals surface area contributed by atoms with Gasteiger partial charge in [-0.2, -0.15) is 14.5 Å². The molecule has 21 heavy (non-hydrogen) atoms. The van der Waals surface area contributed by atoms with Crippen LogP contribution >= 0.6 is 23.1 Å². The van der Waals surface area contributed by atoms with Gasteiger partial charge in [-0.15, -0.1) is 11.3 Å². The van der Waals surface area contributed by atoms with Crippen LogP contribution in [-0.4, -0.2) is 20.7 Å². The molecule has 0 atom stereocenters. The summed E-state index contributed by atoms with van der Waals surface area (Å²) in [7, 11) is 0. The summed E-state index contributed by atoms with van der Waals surface area (Å²) in [5.74, 6) is -0.321. The third-order valence-corrected chi connectivity index (χ3v) is 3.88. The summed E-state index contributed by atoms with van der Waals surface area (Å²) in [5, 5.41) is 6.09. The first kappa shape index (κ1) is 13.7. The Hall–Kier alpha value is -2.25. The van der Waals surface area contributed by atoms with Gasteiger partial charge in [0.25, 0.3) is 5.91 Å². The molecule has 0 aliphatic rings. The molecule has 0 saturated heterocycles. The van der Waals surface area contributed by atoms with Gasteiger partial charge in [-0.05, 0) is 30.3 Å². The van der Waals surface area contributed by atoms with Crippen LogP contribution in [0.5, 0.6) is 0 Å². The van der Waals surface area contributed by atoms with E-state index in [9.17, 15) is 9.18 Å². The monoisotopic (exact) mass is 322 g/mol. The first-order valence-corrected chi connectivity index (χ1v) is 7.08. The number of hydrogen-bond donors (Lipinski definition) is 0. The molecule has 0 aliphatic heterocycles. The van der Waals surface area contributed by atoms with E-state index < -0.39 is 11.7 Å². The van der Waals surface area contributed by atoms with Crippen LogP contribution in [0.4, 0.5) is 9.52 Å². The summed E-state index contributed by atoms with van der Waals surface area (Å²) >= 11 is 7.22. The highest BCUT2D eigenvalue weighted by atomic mass is 35.5. The number of amides is 1. The number of thiazole rings is 1. The Kier molecular flexibility index (Phi) is 3.68. The van der Waals surface area contributed by atoms with Crippen LogP contribution in [0.2, 0.25) is 0 Å². The van der Waals surface area contributed by atoms with Crippen molar-refractivity contribution >= 4 is 34.2 Å². The second-order valence-corrected chi connectivity index (χ2v) is 5.21. The van der Waals surface area contributed by atoms with Crippen molar-refractivity contribution in [2.45, 2.75) is 0 Å². The van der Waals surface area contributed by atoms with Crippen LogP contribution in [0.3, 0.4) is 0 Å². The van der Waals surface area contributed by atoms with Gasteiger partial charge in [0.1, 0.15) is 5.82 Å². The molecule has 106 valence electrons. The highest BCUT2D eigenvalue weighted by Crippen LogP contribution is 2.25. The minimum absolute atomic E-state index is 0.280. The van der Waals surface area contributed by atoms with Gasteiger partial charge in [0.05, 0.1) is 0 Å². The summed E-state index contributed by atoms with van der Waals surface area (Å²) in [6.45, 7) is 0. The molecule has 0 N–H and O–H groups in total. The van der Waals surface area contributed by atoms with Crippen LogP contribution in [0.25, 0.3) is 5.82 Å². The van der Waals surface area contributed by atoms with Crippen molar-refractivity contribution in [3.8, 4) is 5.82 Å². The topological polar surface area (TPSA) is 51.0 Å². The molecule has 5 nitrogen and oxygen atoms in total. The Morgan fingerprint density at radius 2 is 2.10 bits per heavy atom. The smallest absolute Gasteiger partial charge is 0.267 e. The fourth-order valence-corrected chi connectivity index (χ4v) is 2.60. The lowest BCUT2D eigenvalue weighted by atomic mass is 10.2. The third-order valence-electron chi connectivity index (χ3n) is 2.66. The van der Waals surface area contributed by atoms with Gasteiger partial charge in [-0.3, -0.25) is 4.79 Å². The molecule has 0 bridgehead atoms. The average molecular weight is 323 g/mol. The van der Waals surface area contributed by atoms with E-state index in [0.717, 1.165) is 4.42 Å². The van der Waals surface area contributed by atoms with Gasteiger partial charge in [-0.25, -0.2) is 9.07 Å². The molecule has 3 rings (SSSR count). The zero-order valence-electron chi connectivity index (χ0n) is 10.5. The lowest BCUT2D eigenvalue weighted by Crippen LogP contribution is -2.20. The Morgan fingerprint density at radius 3 is 2.76 bits per heavy atom. The van der Waals surface area contributed by atoms with E-state index in [0.29, 0.717) is 10.9 Å². The summed E-state index contributed by atoms with van der Waals surface area (Å²) in [6.07, 6.45) is 3.36. The predicted molar refractivity (Wildman–Crippen MR) is 78.3 cm³/mol. The van der Waals surface area contributed by atoms with Crippen LogP contribution < -0.4 is 4.42 Å². The van der Waals surface area contributed by atoms with Crippen LogP contribution in [-0.2, 0) is 0 Å². The predicted octanol–water partition coefficient (Wildman–Crippen LogP) is 3.27. The van der Waals surface area contributed by atoms with Crippen molar-refractivity contribution in [2.75, 3.05) is 4.42 Å². The maximum Gasteiger partial charge on any atom is 0.274 e. The van der Waals surface area contributed by atoms with Gasteiger partial charge in [0.2, 0.25) is 5.13 Å². The minimum Gasteiger partial charge on any atom is -0.267 e. The SMILES string of the molecule is O=C(c1ccc(F)cc1)N(Cl)c1nc(-n2cccn2)cs1. The lowest BCUT2D eigenvalue weighted by molar-refractivity contribution is 0.101. The molecule has 0 spiro atoms. The molecule has 2 heterocycles. The van der Waals surface area contributed by atoms with Crippen LogP contribution in [0.15, 0.2) is 48.1 Å². The Bertz CT molecular complexity index is 757. The molecule has 2 aromatic heterocycles. The molecule has 1 aromatic carbocycles. The summed E-state index contributed by atoms with van der Waals surface area (Å²) in [5.41, 5.74) is 0.280. The molecule has 8 heteroatoms. The van der Waals surface area contributed by atoms with Crippen LogP contribution in [0, 0.1) is 5.82 Å². The Balaban J connectivity index is 1.83. The summed E-state index contributed by atoms with van der Waals surface area (Å²) in [4.78, 5) is 16.4. The van der Waals surface area contributed by atoms with Crippen molar-refractivity contribution in [3.05, 3.63) is 59.5 Å². The number of nitrogens with zero attached hydrogens (tertiary/aromatic N) is 4. The van der Waals surface area contributed by atoms with Gasteiger partial charge < -0.3 is 0 Å². The number of benzene rings is 1. The largest absolute Gasteiger partial charge is 0.274 e. The zero-order valence-corrected chi connectivity index (χ0v) is 12.1.